The van der Waals surface area contributed by atoms with Gasteiger partial charge in [0.1, 0.15) is 11.5 Å². The van der Waals surface area contributed by atoms with E-state index in [4.69, 9.17) is 0 Å². The van der Waals surface area contributed by atoms with Crippen molar-refractivity contribution < 1.29 is 15.0 Å². The van der Waals surface area contributed by atoms with Gasteiger partial charge in [-0.15, -0.1) is 0 Å². The molecule has 0 radical (unpaired) electrons. The molecule has 0 bridgehead atoms. The molecule has 3 rings (SSSR count). The number of rotatable bonds is 3. The number of carbonyl (C=O) groups excluding carboxylic acids is 1. The first-order valence-electron chi connectivity index (χ1n) is 9.40. The van der Waals surface area contributed by atoms with Crippen molar-refractivity contribution in [2.24, 2.45) is 0 Å². The number of para-hydroxylation sites is 1. The third-order valence-corrected chi connectivity index (χ3v) is 5.40. The monoisotopic (exact) mass is 365 g/mol. The van der Waals surface area contributed by atoms with Crippen LogP contribution in [0.5, 0.6) is 11.5 Å². The highest BCUT2D eigenvalue weighted by Crippen LogP contribution is 2.43. The summed E-state index contributed by atoms with van der Waals surface area (Å²) in [6, 6.07) is 7.40. The van der Waals surface area contributed by atoms with Crippen LogP contribution in [-0.4, -0.2) is 16.1 Å². The van der Waals surface area contributed by atoms with Gasteiger partial charge in [-0.1, -0.05) is 29.8 Å². The standard InChI is InChI=1S/C23H27NO3/c1-13-7-5-10-17(11-13)20-18(25)12-16(4)19(22(20)26)23(27)24-21-14(2)8-6-9-15(21)3/h6,8-9,11-12,17,25-26H,5,7,10H2,1-4H3,(H,24,27). The van der Waals surface area contributed by atoms with Gasteiger partial charge in [0.25, 0.3) is 5.91 Å². The molecule has 0 aliphatic heterocycles. The first-order chi connectivity index (χ1) is 12.8. The molecule has 27 heavy (non-hydrogen) atoms. The number of aromatic hydroxyl groups is 2. The molecule has 2 aromatic carbocycles. The van der Waals surface area contributed by atoms with Gasteiger partial charge in [-0.2, -0.15) is 0 Å². The molecule has 0 heterocycles. The van der Waals surface area contributed by atoms with E-state index >= 15 is 0 Å². The predicted molar refractivity (Wildman–Crippen MR) is 109 cm³/mol. The summed E-state index contributed by atoms with van der Waals surface area (Å²) in [6.07, 6.45) is 4.97. The highest BCUT2D eigenvalue weighted by atomic mass is 16.3. The van der Waals surface area contributed by atoms with Gasteiger partial charge in [0.2, 0.25) is 0 Å². The molecule has 4 heteroatoms. The Balaban J connectivity index is 2.04. The molecule has 4 nitrogen and oxygen atoms in total. The van der Waals surface area contributed by atoms with Gasteiger partial charge < -0.3 is 15.5 Å². The number of nitrogens with one attached hydrogen (secondary N) is 1. The molecule has 1 unspecified atom stereocenters. The minimum Gasteiger partial charge on any atom is -0.507 e. The molecular formula is C23H27NO3. The van der Waals surface area contributed by atoms with Gasteiger partial charge in [0.15, 0.2) is 0 Å². The van der Waals surface area contributed by atoms with E-state index in [-0.39, 0.29) is 28.9 Å². The molecular weight excluding hydrogens is 338 g/mol. The molecule has 0 saturated heterocycles. The number of amides is 1. The molecule has 3 N–H and O–H groups in total. The van der Waals surface area contributed by atoms with Crippen molar-refractivity contribution in [3.63, 3.8) is 0 Å². The van der Waals surface area contributed by atoms with Crippen LogP contribution in [0.1, 0.15) is 64.7 Å². The summed E-state index contributed by atoms with van der Waals surface area (Å²) < 4.78 is 0. The van der Waals surface area contributed by atoms with Crippen molar-refractivity contribution in [1.29, 1.82) is 0 Å². The topological polar surface area (TPSA) is 69.6 Å². The third-order valence-electron chi connectivity index (χ3n) is 5.40. The van der Waals surface area contributed by atoms with Crippen molar-refractivity contribution >= 4 is 11.6 Å². The van der Waals surface area contributed by atoms with Crippen molar-refractivity contribution in [3.05, 3.63) is 63.7 Å². The van der Waals surface area contributed by atoms with E-state index in [0.29, 0.717) is 11.1 Å². The molecule has 1 atom stereocenters. The molecule has 2 aromatic rings. The van der Waals surface area contributed by atoms with E-state index in [0.717, 1.165) is 36.1 Å². The normalized spacial score (nSPS) is 16.7. The summed E-state index contributed by atoms with van der Waals surface area (Å²) in [5, 5.41) is 24.3. The van der Waals surface area contributed by atoms with Crippen LogP contribution in [-0.2, 0) is 0 Å². The number of hydrogen-bond acceptors (Lipinski definition) is 3. The lowest BCUT2D eigenvalue weighted by atomic mass is 9.83. The van der Waals surface area contributed by atoms with Crippen LogP contribution in [0.3, 0.4) is 0 Å². The van der Waals surface area contributed by atoms with E-state index in [1.807, 2.05) is 32.0 Å². The summed E-state index contributed by atoms with van der Waals surface area (Å²) >= 11 is 0. The fraction of sp³-hybridized carbons (Fsp3) is 0.348. The maximum absolute atomic E-state index is 13.0. The minimum atomic E-state index is -0.361. The Labute approximate surface area is 160 Å². The van der Waals surface area contributed by atoms with E-state index < -0.39 is 0 Å². The van der Waals surface area contributed by atoms with Gasteiger partial charge in [-0.3, -0.25) is 4.79 Å². The van der Waals surface area contributed by atoms with E-state index in [9.17, 15) is 15.0 Å². The van der Waals surface area contributed by atoms with Gasteiger partial charge in [0, 0.05) is 17.2 Å². The van der Waals surface area contributed by atoms with Crippen LogP contribution in [0.4, 0.5) is 5.69 Å². The molecule has 1 amide bonds. The van der Waals surface area contributed by atoms with Crippen LogP contribution in [0, 0.1) is 20.8 Å². The predicted octanol–water partition coefficient (Wildman–Crippen LogP) is 5.49. The van der Waals surface area contributed by atoms with Crippen molar-refractivity contribution in [2.45, 2.75) is 52.9 Å². The highest BCUT2D eigenvalue weighted by molar-refractivity contribution is 6.08. The zero-order valence-electron chi connectivity index (χ0n) is 16.4. The average Bonchev–Trinajstić information content (AvgIpc) is 2.58. The van der Waals surface area contributed by atoms with Crippen LogP contribution >= 0.6 is 0 Å². The lowest BCUT2D eigenvalue weighted by molar-refractivity contribution is 0.102. The molecule has 1 aliphatic carbocycles. The Bertz CT molecular complexity index is 907. The maximum Gasteiger partial charge on any atom is 0.259 e. The van der Waals surface area contributed by atoms with Crippen LogP contribution in [0.15, 0.2) is 35.9 Å². The fourth-order valence-corrected chi connectivity index (χ4v) is 3.98. The number of benzene rings is 2. The Morgan fingerprint density at radius 2 is 1.74 bits per heavy atom. The Kier molecular flexibility index (Phi) is 5.26. The third kappa shape index (κ3) is 3.70. The SMILES string of the molecule is CC1=CC(c2c(O)cc(C)c(C(=O)Nc3c(C)cccc3C)c2O)CCC1. The van der Waals surface area contributed by atoms with E-state index in [1.165, 1.54) is 5.57 Å². The van der Waals surface area contributed by atoms with Crippen molar-refractivity contribution in [2.75, 3.05) is 5.32 Å². The van der Waals surface area contributed by atoms with Crippen LogP contribution in [0.25, 0.3) is 0 Å². The second-order valence-electron chi connectivity index (χ2n) is 7.58. The summed E-state index contributed by atoms with van der Waals surface area (Å²) in [5.41, 5.74) is 5.15. The number of allylic oxidation sites excluding steroid dienone is 2. The molecule has 0 spiro atoms. The van der Waals surface area contributed by atoms with E-state index in [2.05, 4.69) is 18.3 Å². The molecule has 142 valence electrons. The second-order valence-corrected chi connectivity index (χ2v) is 7.58. The summed E-state index contributed by atoms with van der Waals surface area (Å²) in [7, 11) is 0. The van der Waals surface area contributed by atoms with Crippen LogP contribution < -0.4 is 5.32 Å². The summed E-state index contributed by atoms with van der Waals surface area (Å²) in [6.45, 7) is 7.66. The number of hydrogen-bond donors (Lipinski definition) is 3. The van der Waals surface area contributed by atoms with E-state index in [1.54, 1.807) is 13.0 Å². The summed E-state index contributed by atoms with van der Waals surface area (Å²) in [4.78, 5) is 13.0. The number of aryl methyl sites for hydroxylation is 3. The average molecular weight is 365 g/mol. The minimum absolute atomic E-state index is 0.0459. The smallest absolute Gasteiger partial charge is 0.259 e. The molecule has 0 saturated carbocycles. The Hall–Kier alpha value is -2.75. The quantitative estimate of drug-likeness (QED) is 0.630. The largest absolute Gasteiger partial charge is 0.507 e. The fourth-order valence-electron chi connectivity index (χ4n) is 3.98. The zero-order chi connectivity index (χ0) is 19.7. The Morgan fingerprint density at radius 3 is 2.37 bits per heavy atom. The maximum atomic E-state index is 13.0. The molecule has 0 aromatic heterocycles. The first-order valence-corrected chi connectivity index (χ1v) is 9.40. The molecule has 0 fully saturated rings. The Morgan fingerprint density at radius 1 is 1.07 bits per heavy atom. The van der Waals surface area contributed by atoms with Crippen LogP contribution in [0.2, 0.25) is 0 Å². The van der Waals surface area contributed by atoms with Gasteiger partial charge in [-0.25, -0.2) is 0 Å². The van der Waals surface area contributed by atoms with Crippen molar-refractivity contribution in [3.8, 4) is 11.5 Å². The second kappa shape index (κ2) is 7.47. The number of carbonyl (C=O) groups is 1. The summed E-state index contributed by atoms with van der Waals surface area (Å²) in [5.74, 6) is -0.511. The lowest BCUT2D eigenvalue weighted by Gasteiger charge is -2.23. The van der Waals surface area contributed by atoms with Gasteiger partial charge in [0.05, 0.1) is 5.56 Å². The molecule has 1 aliphatic rings. The number of phenols is 2. The zero-order valence-corrected chi connectivity index (χ0v) is 16.4. The first kappa shape index (κ1) is 19.0. The van der Waals surface area contributed by atoms with Crippen molar-refractivity contribution in [1.82, 2.24) is 0 Å². The number of anilines is 1. The lowest BCUT2D eigenvalue weighted by Crippen LogP contribution is -2.16. The van der Waals surface area contributed by atoms with Gasteiger partial charge >= 0.3 is 0 Å². The number of phenolic OH excluding ortho intramolecular Hbond substituents is 2. The van der Waals surface area contributed by atoms with Gasteiger partial charge in [-0.05, 0) is 69.7 Å². The highest BCUT2D eigenvalue weighted by Gasteiger charge is 2.27.